The molecule has 1 nitrogen and oxygen atoms in total. The Morgan fingerprint density at radius 2 is 0.351 bits per heavy atom. The second-order valence-electron chi connectivity index (χ2n) is 18.5. The van der Waals surface area contributed by atoms with Gasteiger partial charge in [-0.2, -0.15) is 0 Å². The summed E-state index contributed by atoms with van der Waals surface area (Å²) in [6.07, 6.45) is 35.4. The minimum absolute atomic E-state index is 0.701. The van der Waals surface area contributed by atoms with E-state index < -0.39 is 0 Å². The van der Waals surface area contributed by atoms with Gasteiger partial charge < -0.3 is 4.74 Å². The lowest BCUT2D eigenvalue weighted by atomic mass is 9.90. The van der Waals surface area contributed by atoms with E-state index >= 15 is 0 Å². The summed E-state index contributed by atoms with van der Waals surface area (Å²) in [7, 11) is 0. The summed E-state index contributed by atoms with van der Waals surface area (Å²) in [5, 5.41) is 0. The van der Waals surface area contributed by atoms with Crippen LogP contribution in [0.15, 0.2) is 255 Å². The minimum Gasteiger partial charge on any atom is -0.456 e. The third kappa shape index (κ3) is 14.2. The molecule has 0 saturated heterocycles. The topological polar surface area (TPSA) is 9.23 Å². The maximum atomic E-state index is 7.74. The van der Waals surface area contributed by atoms with Gasteiger partial charge in [0.15, 0.2) is 0 Å². The Balaban J connectivity index is 1.28. The zero-order chi connectivity index (χ0) is 52.1. The van der Waals surface area contributed by atoms with Crippen molar-refractivity contribution >= 4 is 97.2 Å². The van der Waals surface area contributed by atoms with E-state index in [0.29, 0.717) is 11.5 Å². The molecule has 77 heavy (non-hydrogen) atoms. The van der Waals surface area contributed by atoms with Crippen molar-refractivity contribution < 1.29 is 4.74 Å². The van der Waals surface area contributed by atoms with Gasteiger partial charge in [0.1, 0.15) is 11.5 Å². The van der Waals surface area contributed by atoms with Crippen LogP contribution in [-0.4, -0.2) is 0 Å². The smallest absolute Gasteiger partial charge is 0.135 e. The Labute approximate surface area is 454 Å². The van der Waals surface area contributed by atoms with Crippen molar-refractivity contribution in [3.63, 3.8) is 0 Å². The van der Waals surface area contributed by atoms with Crippen molar-refractivity contribution in [1.29, 1.82) is 0 Å². The molecule has 0 aromatic heterocycles. The predicted molar refractivity (Wildman–Crippen MR) is 336 cm³/mol. The number of benzene rings is 10. The van der Waals surface area contributed by atoms with Crippen LogP contribution in [0.5, 0.6) is 11.5 Å². The summed E-state index contributed by atoms with van der Waals surface area (Å²) in [5.74, 6) is 1.40. The third-order valence-electron chi connectivity index (χ3n) is 13.1. The number of hydrogen-bond acceptors (Lipinski definition) is 1. The maximum absolute atomic E-state index is 7.74. The second kappa shape index (κ2) is 26.2. The van der Waals surface area contributed by atoms with Crippen LogP contribution in [0.3, 0.4) is 0 Å². The molecule has 0 unspecified atom stereocenters. The van der Waals surface area contributed by atoms with Crippen LogP contribution in [0.2, 0.25) is 0 Å². The standard InChI is InChI=1S/C76H58O/c1-9-25-59(26-10-1)41-49-67-57-75(73(55-47-65-37-21-7-22-38-65)71(53-45-63-33-17-5-18-34-63)69(67)51-43-61-29-13-3-14-30-61)77-76-58-68(50-42-60-27-11-2-12-28-60)70(52-44-62-31-15-4-16-32-62)72(54-46-64-35-19-6-20-36-64)74(76)56-48-66-39-23-8-24-40-66/h1-58H. The Hall–Kier alpha value is -10.1. The quantitative estimate of drug-likeness (QED) is 0.0779. The van der Waals surface area contributed by atoms with Gasteiger partial charge in [0.05, 0.1) is 0 Å². The molecule has 0 aliphatic rings. The first-order valence-corrected chi connectivity index (χ1v) is 26.1. The molecule has 0 fully saturated rings. The van der Waals surface area contributed by atoms with Crippen LogP contribution in [0.4, 0.5) is 0 Å². The summed E-state index contributed by atoms with van der Waals surface area (Å²) in [6, 6.07) is 88.3. The minimum atomic E-state index is 0.701. The summed E-state index contributed by atoms with van der Waals surface area (Å²) in [6.45, 7) is 0. The van der Waals surface area contributed by atoms with Gasteiger partial charge in [-0.15, -0.1) is 0 Å². The van der Waals surface area contributed by atoms with Crippen molar-refractivity contribution in [3.05, 3.63) is 344 Å². The fourth-order valence-corrected chi connectivity index (χ4v) is 9.06. The van der Waals surface area contributed by atoms with E-state index in [1.54, 1.807) is 0 Å². The van der Waals surface area contributed by atoms with E-state index in [9.17, 15) is 0 Å². The highest BCUT2D eigenvalue weighted by atomic mass is 16.5. The molecule has 0 aliphatic heterocycles. The van der Waals surface area contributed by atoms with Crippen molar-refractivity contribution in [2.24, 2.45) is 0 Å². The van der Waals surface area contributed by atoms with Crippen LogP contribution in [-0.2, 0) is 0 Å². The van der Waals surface area contributed by atoms with Gasteiger partial charge in [0, 0.05) is 11.1 Å². The lowest BCUT2D eigenvalue weighted by molar-refractivity contribution is 0.480. The molecule has 0 aliphatic carbocycles. The van der Waals surface area contributed by atoms with E-state index in [1.165, 1.54) is 0 Å². The molecule has 0 heterocycles. The Morgan fingerprint density at radius 1 is 0.169 bits per heavy atom. The zero-order valence-corrected chi connectivity index (χ0v) is 42.9. The van der Waals surface area contributed by atoms with Gasteiger partial charge >= 0.3 is 0 Å². The van der Waals surface area contributed by atoms with E-state index in [2.05, 4.69) is 352 Å². The van der Waals surface area contributed by atoms with Gasteiger partial charge in [-0.25, -0.2) is 0 Å². The van der Waals surface area contributed by atoms with Crippen molar-refractivity contribution in [1.82, 2.24) is 0 Å². The first-order chi connectivity index (χ1) is 38.2. The Bertz CT molecular complexity index is 3480. The number of rotatable bonds is 18. The fourth-order valence-electron chi connectivity index (χ4n) is 9.06. The second-order valence-corrected chi connectivity index (χ2v) is 18.5. The Morgan fingerprint density at radius 3 is 0.571 bits per heavy atom. The predicted octanol–water partition coefficient (Wildman–Crippen LogP) is 20.8. The summed E-state index contributed by atoms with van der Waals surface area (Å²) in [5.41, 5.74) is 16.7. The largest absolute Gasteiger partial charge is 0.456 e. The highest BCUT2D eigenvalue weighted by Crippen LogP contribution is 2.42. The molecule has 0 spiro atoms. The molecule has 0 N–H and O–H groups in total. The van der Waals surface area contributed by atoms with Crippen LogP contribution in [0, 0.1) is 0 Å². The number of hydrogen-bond donors (Lipinski definition) is 0. The van der Waals surface area contributed by atoms with Crippen LogP contribution in [0.1, 0.15) is 89.0 Å². The van der Waals surface area contributed by atoms with Crippen molar-refractivity contribution in [3.8, 4) is 11.5 Å². The molecule has 10 rings (SSSR count). The molecule has 1 heteroatoms. The summed E-state index contributed by atoms with van der Waals surface area (Å²) >= 11 is 0. The molecule has 0 atom stereocenters. The first-order valence-electron chi connectivity index (χ1n) is 26.1. The lowest BCUT2D eigenvalue weighted by Gasteiger charge is -2.21. The molecule has 0 bridgehead atoms. The van der Waals surface area contributed by atoms with Gasteiger partial charge in [-0.3, -0.25) is 0 Å². The fraction of sp³-hybridized carbons (Fsp3) is 0. The third-order valence-corrected chi connectivity index (χ3v) is 13.1. The molecule has 10 aromatic rings. The van der Waals surface area contributed by atoms with E-state index in [4.69, 9.17) is 4.74 Å². The van der Waals surface area contributed by atoms with Crippen LogP contribution >= 0.6 is 0 Å². The van der Waals surface area contributed by atoms with Gasteiger partial charge in [0.25, 0.3) is 0 Å². The maximum Gasteiger partial charge on any atom is 0.135 e. The first kappa shape index (κ1) is 50.5. The zero-order valence-electron chi connectivity index (χ0n) is 42.9. The highest BCUT2D eigenvalue weighted by molar-refractivity contribution is 5.95. The highest BCUT2D eigenvalue weighted by Gasteiger charge is 2.20. The van der Waals surface area contributed by atoms with Crippen LogP contribution in [0.25, 0.3) is 97.2 Å². The summed E-state index contributed by atoms with van der Waals surface area (Å²) in [4.78, 5) is 0. The molecular weight excluding hydrogens is 929 g/mol. The lowest BCUT2D eigenvalue weighted by Crippen LogP contribution is -2.01. The number of ether oxygens (including phenoxy) is 1. The molecule has 0 amide bonds. The van der Waals surface area contributed by atoms with Gasteiger partial charge in [0.2, 0.25) is 0 Å². The average Bonchev–Trinajstić information content (AvgIpc) is 3.50. The van der Waals surface area contributed by atoms with Crippen molar-refractivity contribution in [2.75, 3.05) is 0 Å². The molecule has 10 aromatic carbocycles. The molecule has 368 valence electrons. The SMILES string of the molecule is C(=Cc1cc(Oc2cc(C=Cc3ccccc3)c(C=Cc3ccccc3)c(C=Cc3ccccc3)c2C=Cc2ccccc2)c(C=Cc2ccccc2)c(C=Cc2ccccc2)c1C=Cc1ccccc1)c1ccccc1. The molecular formula is C76H58O. The van der Waals surface area contributed by atoms with E-state index in [-0.39, 0.29) is 0 Å². The van der Waals surface area contributed by atoms with E-state index in [1.807, 2.05) is 0 Å². The van der Waals surface area contributed by atoms with E-state index in [0.717, 1.165) is 89.0 Å². The summed E-state index contributed by atoms with van der Waals surface area (Å²) < 4.78 is 7.74. The molecule has 0 radical (unpaired) electrons. The van der Waals surface area contributed by atoms with Gasteiger partial charge in [-0.1, -0.05) is 340 Å². The Kier molecular flexibility index (Phi) is 17.2. The van der Waals surface area contributed by atoms with Crippen molar-refractivity contribution in [2.45, 2.75) is 0 Å². The van der Waals surface area contributed by atoms with Crippen LogP contribution < -0.4 is 4.74 Å². The van der Waals surface area contributed by atoms with Gasteiger partial charge in [-0.05, 0) is 90.0 Å². The monoisotopic (exact) mass is 986 g/mol. The average molecular weight is 987 g/mol. The normalized spacial score (nSPS) is 12.0. The molecule has 0 saturated carbocycles.